The van der Waals surface area contributed by atoms with Crippen molar-refractivity contribution in [2.45, 2.75) is 39.2 Å². The summed E-state index contributed by atoms with van der Waals surface area (Å²) in [5, 5.41) is 5.90. The van der Waals surface area contributed by atoms with Gasteiger partial charge in [0.25, 0.3) is 5.91 Å². The summed E-state index contributed by atoms with van der Waals surface area (Å²) in [6.45, 7) is 4.38. The second-order valence-electron chi connectivity index (χ2n) is 5.54. The number of carbonyl (C=O) groups excluding carboxylic acids is 1. The maximum Gasteiger partial charge on any atom is 0.270 e. The van der Waals surface area contributed by atoms with E-state index >= 15 is 0 Å². The smallest absolute Gasteiger partial charge is 0.270 e. The van der Waals surface area contributed by atoms with Crippen LogP contribution in [0.3, 0.4) is 0 Å². The van der Waals surface area contributed by atoms with Gasteiger partial charge in [-0.25, -0.2) is 18.4 Å². The van der Waals surface area contributed by atoms with Gasteiger partial charge in [-0.15, -0.1) is 0 Å². The molecule has 22 heavy (non-hydrogen) atoms. The first kappa shape index (κ1) is 16.7. The molecule has 1 saturated heterocycles. The number of hydrogen-bond donors (Lipinski definition) is 2. The van der Waals surface area contributed by atoms with Gasteiger partial charge in [0.2, 0.25) is 0 Å². The lowest BCUT2D eigenvalue weighted by Crippen LogP contribution is -2.27. The zero-order valence-corrected chi connectivity index (χ0v) is 13.7. The fourth-order valence-electron chi connectivity index (χ4n) is 2.35. The van der Waals surface area contributed by atoms with E-state index in [9.17, 15) is 13.2 Å². The van der Waals surface area contributed by atoms with Crippen molar-refractivity contribution in [3.05, 3.63) is 17.6 Å². The van der Waals surface area contributed by atoms with Crippen LogP contribution in [-0.4, -0.2) is 48.4 Å². The van der Waals surface area contributed by atoms with Gasteiger partial charge in [-0.05, 0) is 19.8 Å². The van der Waals surface area contributed by atoms with Crippen LogP contribution < -0.4 is 10.6 Å². The number of hydrogen-bond acceptors (Lipinski definition) is 6. The number of aryl methyl sites for hydroxylation is 1. The Kier molecular flexibility index (Phi) is 5.33. The molecule has 0 aromatic carbocycles. The molecule has 2 rings (SSSR count). The Hall–Kier alpha value is -1.70. The monoisotopic (exact) mass is 326 g/mol. The summed E-state index contributed by atoms with van der Waals surface area (Å²) in [4.78, 5) is 20.4. The van der Waals surface area contributed by atoms with Crippen LogP contribution in [0.4, 0.5) is 5.82 Å². The van der Waals surface area contributed by atoms with Gasteiger partial charge in [0.15, 0.2) is 9.84 Å². The molecular formula is C14H22N4O3S. The third-order valence-electron chi connectivity index (χ3n) is 3.47. The van der Waals surface area contributed by atoms with Crippen molar-refractivity contribution < 1.29 is 13.2 Å². The van der Waals surface area contributed by atoms with Gasteiger partial charge in [0.05, 0.1) is 11.5 Å². The number of nitrogens with zero attached hydrogens (tertiary/aromatic N) is 2. The van der Waals surface area contributed by atoms with Crippen LogP contribution in [0.1, 0.15) is 42.5 Å². The highest BCUT2D eigenvalue weighted by Gasteiger charge is 2.28. The van der Waals surface area contributed by atoms with Gasteiger partial charge in [0, 0.05) is 18.7 Å². The summed E-state index contributed by atoms with van der Waals surface area (Å²) < 4.78 is 23.0. The van der Waals surface area contributed by atoms with E-state index in [1.165, 1.54) is 0 Å². The minimum Gasteiger partial charge on any atom is -0.366 e. The van der Waals surface area contributed by atoms with Gasteiger partial charge in [-0.2, -0.15) is 0 Å². The first-order chi connectivity index (χ1) is 10.4. The average molecular weight is 326 g/mol. The molecule has 8 heteroatoms. The zero-order chi connectivity index (χ0) is 16.2. The van der Waals surface area contributed by atoms with E-state index in [0.717, 1.165) is 12.8 Å². The lowest BCUT2D eigenvalue weighted by atomic mass is 10.2. The van der Waals surface area contributed by atoms with Crippen LogP contribution in [0, 0.1) is 6.92 Å². The number of rotatable bonds is 6. The lowest BCUT2D eigenvalue weighted by molar-refractivity contribution is 0.0948. The molecule has 0 spiro atoms. The van der Waals surface area contributed by atoms with E-state index < -0.39 is 9.84 Å². The fraction of sp³-hybridized carbons (Fsp3) is 0.643. The van der Waals surface area contributed by atoms with Crippen molar-refractivity contribution in [3.63, 3.8) is 0 Å². The predicted molar refractivity (Wildman–Crippen MR) is 84.7 cm³/mol. The van der Waals surface area contributed by atoms with E-state index in [2.05, 4.69) is 27.5 Å². The molecule has 1 aromatic heterocycles. The number of anilines is 1. The normalized spacial score (nSPS) is 19.8. The molecule has 2 heterocycles. The van der Waals surface area contributed by atoms with Crippen molar-refractivity contribution in [3.8, 4) is 0 Å². The van der Waals surface area contributed by atoms with Crippen molar-refractivity contribution in [1.82, 2.24) is 15.3 Å². The zero-order valence-electron chi connectivity index (χ0n) is 12.9. The molecule has 1 atom stereocenters. The van der Waals surface area contributed by atoms with Gasteiger partial charge in [-0.3, -0.25) is 4.79 Å². The SMILES string of the molecule is CCCCNC(=O)c1cc(NC2CCS(=O)(=O)C2)nc(C)n1. The molecule has 0 bridgehead atoms. The van der Waals surface area contributed by atoms with Crippen LogP contribution >= 0.6 is 0 Å². The number of aromatic nitrogens is 2. The van der Waals surface area contributed by atoms with Crippen LogP contribution in [-0.2, 0) is 9.84 Å². The molecule has 122 valence electrons. The Morgan fingerprint density at radius 2 is 2.18 bits per heavy atom. The Balaban J connectivity index is 2.05. The second kappa shape index (κ2) is 7.04. The van der Waals surface area contributed by atoms with Crippen LogP contribution in [0.15, 0.2) is 6.07 Å². The Labute approximate surface area is 130 Å². The number of nitrogens with one attached hydrogen (secondary N) is 2. The van der Waals surface area contributed by atoms with Crippen LogP contribution in [0.2, 0.25) is 0 Å². The minimum atomic E-state index is -2.95. The van der Waals surface area contributed by atoms with E-state index in [-0.39, 0.29) is 23.5 Å². The van der Waals surface area contributed by atoms with Crippen molar-refractivity contribution >= 4 is 21.6 Å². The minimum absolute atomic E-state index is 0.105. The summed E-state index contributed by atoms with van der Waals surface area (Å²) in [6.07, 6.45) is 2.48. The van der Waals surface area contributed by atoms with E-state index in [1.54, 1.807) is 13.0 Å². The predicted octanol–water partition coefficient (Wildman–Crippen LogP) is 0.914. The van der Waals surface area contributed by atoms with Crippen molar-refractivity contribution in [2.75, 3.05) is 23.4 Å². The quantitative estimate of drug-likeness (QED) is 0.754. The Morgan fingerprint density at radius 1 is 1.41 bits per heavy atom. The van der Waals surface area contributed by atoms with E-state index in [1.807, 2.05) is 0 Å². The summed E-state index contributed by atoms with van der Waals surface area (Å²) in [6, 6.07) is 1.41. The number of unbranched alkanes of at least 4 members (excludes halogenated alkanes) is 1. The third kappa shape index (κ3) is 4.66. The highest BCUT2D eigenvalue weighted by Crippen LogP contribution is 2.17. The van der Waals surface area contributed by atoms with Crippen LogP contribution in [0.5, 0.6) is 0 Å². The molecule has 1 unspecified atom stereocenters. The molecule has 7 nitrogen and oxygen atoms in total. The molecule has 1 aliphatic heterocycles. The highest BCUT2D eigenvalue weighted by atomic mass is 32.2. The number of carbonyl (C=O) groups is 1. The summed E-state index contributed by atoms with van der Waals surface area (Å²) in [7, 11) is -2.95. The topological polar surface area (TPSA) is 101 Å². The van der Waals surface area contributed by atoms with E-state index in [0.29, 0.717) is 30.3 Å². The number of amides is 1. The first-order valence-corrected chi connectivity index (χ1v) is 9.32. The van der Waals surface area contributed by atoms with Gasteiger partial charge in [-0.1, -0.05) is 13.3 Å². The van der Waals surface area contributed by atoms with Crippen molar-refractivity contribution in [1.29, 1.82) is 0 Å². The maximum absolute atomic E-state index is 12.0. The lowest BCUT2D eigenvalue weighted by Gasteiger charge is -2.13. The summed E-state index contributed by atoms with van der Waals surface area (Å²) in [5.74, 6) is 1.04. The standard InChI is InChI=1S/C14H22N4O3S/c1-3-4-6-15-14(19)12-8-13(17-10(2)16-12)18-11-5-7-22(20,21)9-11/h8,11H,3-7,9H2,1-2H3,(H,15,19)(H,16,17,18). The maximum atomic E-state index is 12.0. The van der Waals surface area contributed by atoms with Gasteiger partial charge < -0.3 is 10.6 Å². The second-order valence-corrected chi connectivity index (χ2v) is 7.77. The molecule has 1 aliphatic rings. The molecule has 2 N–H and O–H groups in total. The van der Waals surface area contributed by atoms with E-state index in [4.69, 9.17) is 0 Å². The Bertz CT molecular complexity index is 645. The van der Waals surface area contributed by atoms with Gasteiger partial charge >= 0.3 is 0 Å². The molecule has 1 aromatic rings. The molecule has 1 amide bonds. The number of sulfone groups is 1. The largest absolute Gasteiger partial charge is 0.366 e. The Morgan fingerprint density at radius 3 is 2.82 bits per heavy atom. The molecule has 0 radical (unpaired) electrons. The average Bonchev–Trinajstić information content (AvgIpc) is 2.77. The summed E-state index contributed by atoms with van der Waals surface area (Å²) in [5.41, 5.74) is 0.298. The molecule has 1 fully saturated rings. The van der Waals surface area contributed by atoms with Crippen LogP contribution in [0.25, 0.3) is 0 Å². The van der Waals surface area contributed by atoms with Gasteiger partial charge in [0.1, 0.15) is 17.3 Å². The molecule has 0 saturated carbocycles. The molecular weight excluding hydrogens is 304 g/mol. The fourth-order valence-corrected chi connectivity index (χ4v) is 4.02. The third-order valence-corrected chi connectivity index (χ3v) is 5.24. The van der Waals surface area contributed by atoms with Crippen molar-refractivity contribution in [2.24, 2.45) is 0 Å². The molecule has 0 aliphatic carbocycles. The first-order valence-electron chi connectivity index (χ1n) is 7.50. The summed E-state index contributed by atoms with van der Waals surface area (Å²) >= 11 is 0. The highest BCUT2D eigenvalue weighted by molar-refractivity contribution is 7.91.